The summed E-state index contributed by atoms with van der Waals surface area (Å²) in [6.45, 7) is 3.63. The largest absolute Gasteiger partial charge is 0.339 e. The van der Waals surface area contributed by atoms with E-state index in [0.29, 0.717) is 5.56 Å². The number of fused-ring (bicyclic) bond motifs is 1. The van der Waals surface area contributed by atoms with Crippen LogP contribution in [-0.2, 0) is 11.2 Å². The molecule has 0 bridgehead atoms. The van der Waals surface area contributed by atoms with Gasteiger partial charge in [0.1, 0.15) is 0 Å². The smallest absolute Gasteiger partial charge is 0.253 e. The van der Waals surface area contributed by atoms with Crippen LogP contribution in [0.2, 0.25) is 0 Å². The molecule has 0 spiro atoms. The number of anilines is 1. The van der Waals surface area contributed by atoms with Crippen molar-refractivity contribution in [3.63, 3.8) is 0 Å². The van der Waals surface area contributed by atoms with Crippen molar-refractivity contribution in [1.82, 2.24) is 4.90 Å². The second-order valence-electron chi connectivity index (χ2n) is 7.31. The zero-order valence-electron chi connectivity index (χ0n) is 15.1. The molecule has 2 aromatic rings. The van der Waals surface area contributed by atoms with E-state index >= 15 is 0 Å². The van der Waals surface area contributed by atoms with E-state index in [4.69, 9.17) is 0 Å². The molecule has 0 saturated carbocycles. The maximum absolute atomic E-state index is 12.8. The molecule has 2 aliphatic rings. The number of rotatable bonds is 3. The highest BCUT2D eigenvalue weighted by Gasteiger charge is 2.28. The van der Waals surface area contributed by atoms with Crippen LogP contribution in [0.4, 0.5) is 5.69 Å². The predicted molar refractivity (Wildman–Crippen MR) is 102 cm³/mol. The van der Waals surface area contributed by atoms with E-state index in [-0.39, 0.29) is 17.7 Å². The summed E-state index contributed by atoms with van der Waals surface area (Å²) in [4.78, 5) is 27.2. The van der Waals surface area contributed by atoms with Crippen molar-refractivity contribution in [1.29, 1.82) is 0 Å². The number of benzene rings is 2. The highest BCUT2D eigenvalue weighted by atomic mass is 16.2. The summed E-state index contributed by atoms with van der Waals surface area (Å²) in [7, 11) is 0. The van der Waals surface area contributed by atoms with Gasteiger partial charge >= 0.3 is 0 Å². The maximum Gasteiger partial charge on any atom is 0.253 e. The van der Waals surface area contributed by atoms with Crippen LogP contribution in [-0.4, -0.2) is 29.8 Å². The molecular formula is C22H24N2O2. The molecule has 2 aromatic carbocycles. The molecule has 4 nitrogen and oxygen atoms in total. The maximum atomic E-state index is 12.8. The van der Waals surface area contributed by atoms with Gasteiger partial charge in [-0.3, -0.25) is 9.59 Å². The average molecular weight is 348 g/mol. The minimum atomic E-state index is -0.0866. The Labute approximate surface area is 154 Å². The number of nitrogens with zero attached hydrogens (tertiary/aromatic N) is 1. The van der Waals surface area contributed by atoms with Crippen LogP contribution in [0.3, 0.4) is 0 Å². The number of hydrogen-bond donors (Lipinski definition) is 1. The molecule has 1 N–H and O–H groups in total. The van der Waals surface area contributed by atoms with Gasteiger partial charge in [0.2, 0.25) is 5.91 Å². The predicted octanol–water partition coefficient (Wildman–Crippen LogP) is 3.90. The lowest BCUT2D eigenvalue weighted by molar-refractivity contribution is -0.117. The molecule has 1 fully saturated rings. The Balaban J connectivity index is 1.48. The number of likely N-dealkylation sites (tertiary alicyclic amines) is 1. The Bertz CT molecular complexity index is 853. The van der Waals surface area contributed by atoms with Gasteiger partial charge in [0.25, 0.3) is 5.91 Å². The van der Waals surface area contributed by atoms with Gasteiger partial charge in [-0.25, -0.2) is 0 Å². The molecule has 1 saturated heterocycles. The molecule has 1 aliphatic heterocycles. The lowest BCUT2D eigenvalue weighted by Gasteiger charge is -2.17. The van der Waals surface area contributed by atoms with Crippen molar-refractivity contribution in [3.8, 4) is 0 Å². The van der Waals surface area contributed by atoms with E-state index in [2.05, 4.69) is 17.4 Å². The molecule has 26 heavy (non-hydrogen) atoms. The number of carbonyl (C=O) groups is 2. The zero-order valence-corrected chi connectivity index (χ0v) is 15.1. The van der Waals surface area contributed by atoms with E-state index in [0.717, 1.165) is 55.6 Å². The number of hydrogen-bond acceptors (Lipinski definition) is 2. The van der Waals surface area contributed by atoms with Gasteiger partial charge in [-0.05, 0) is 67.5 Å². The monoisotopic (exact) mass is 348 g/mol. The molecule has 1 atom stereocenters. The highest BCUT2D eigenvalue weighted by molar-refractivity contribution is 5.99. The summed E-state index contributed by atoms with van der Waals surface area (Å²) in [5.74, 6) is 0.0429. The molecule has 4 heteroatoms. The van der Waals surface area contributed by atoms with Crippen molar-refractivity contribution in [2.45, 2.75) is 38.5 Å². The zero-order chi connectivity index (χ0) is 18.1. The number of carbonyl (C=O) groups excluding carboxylic acids is 2. The molecule has 0 radical (unpaired) electrons. The number of nitrogens with one attached hydrogen (secondary N) is 1. The summed E-state index contributed by atoms with van der Waals surface area (Å²) in [6.07, 6.45) is 3.98. The minimum absolute atomic E-state index is 0.0386. The topological polar surface area (TPSA) is 49.4 Å². The summed E-state index contributed by atoms with van der Waals surface area (Å²) >= 11 is 0. The first-order valence-electron chi connectivity index (χ1n) is 9.42. The van der Waals surface area contributed by atoms with Crippen LogP contribution in [0.5, 0.6) is 0 Å². The molecule has 2 amide bonds. The van der Waals surface area contributed by atoms with Gasteiger partial charge in [0.05, 0.1) is 5.92 Å². The second kappa shape index (κ2) is 6.94. The van der Waals surface area contributed by atoms with Gasteiger partial charge < -0.3 is 10.2 Å². The van der Waals surface area contributed by atoms with Crippen LogP contribution in [0.25, 0.3) is 0 Å². The van der Waals surface area contributed by atoms with Crippen LogP contribution in [0.1, 0.15) is 52.2 Å². The first-order chi connectivity index (χ1) is 12.6. The molecule has 134 valence electrons. The second-order valence-corrected chi connectivity index (χ2v) is 7.31. The summed E-state index contributed by atoms with van der Waals surface area (Å²) < 4.78 is 0. The fourth-order valence-electron chi connectivity index (χ4n) is 4.09. The number of amides is 2. The van der Waals surface area contributed by atoms with Gasteiger partial charge in [0.15, 0.2) is 0 Å². The molecule has 4 rings (SSSR count). The van der Waals surface area contributed by atoms with Crippen molar-refractivity contribution >= 4 is 17.5 Å². The Morgan fingerprint density at radius 3 is 2.62 bits per heavy atom. The number of aryl methyl sites for hydroxylation is 2. The van der Waals surface area contributed by atoms with Crippen molar-refractivity contribution in [2.75, 3.05) is 18.4 Å². The molecular weight excluding hydrogens is 324 g/mol. The first-order valence-corrected chi connectivity index (χ1v) is 9.42. The fraction of sp³-hybridized carbons (Fsp3) is 0.364. The van der Waals surface area contributed by atoms with Gasteiger partial charge in [-0.2, -0.15) is 0 Å². The lowest BCUT2D eigenvalue weighted by atomic mass is 10.00. The van der Waals surface area contributed by atoms with Crippen molar-refractivity contribution in [3.05, 3.63) is 64.7 Å². The normalized spacial score (nSPS) is 18.7. The standard InChI is InChI=1S/C22H24N2O2/c1-15-14-17(22(26)24-12-4-5-13-24)9-11-20(15)23-21(25)19-10-8-16-6-2-3-7-18(16)19/h2-3,6-7,9,11,14,19H,4-5,8,10,12-13H2,1H3,(H,23,25). The van der Waals surface area contributed by atoms with E-state index in [9.17, 15) is 9.59 Å². The summed E-state index contributed by atoms with van der Waals surface area (Å²) in [5, 5.41) is 3.06. The summed E-state index contributed by atoms with van der Waals surface area (Å²) in [5.41, 5.74) is 4.83. The average Bonchev–Trinajstić information content (AvgIpc) is 3.32. The van der Waals surface area contributed by atoms with Gasteiger partial charge in [0, 0.05) is 24.3 Å². The Morgan fingerprint density at radius 2 is 1.85 bits per heavy atom. The third-order valence-corrected chi connectivity index (χ3v) is 5.57. The molecule has 1 heterocycles. The quantitative estimate of drug-likeness (QED) is 0.914. The highest BCUT2D eigenvalue weighted by Crippen LogP contribution is 2.34. The third kappa shape index (κ3) is 3.12. The summed E-state index contributed by atoms with van der Waals surface area (Å²) in [6, 6.07) is 13.7. The Hall–Kier alpha value is -2.62. The van der Waals surface area contributed by atoms with Crippen molar-refractivity contribution in [2.24, 2.45) is 0 Å². The first kappa shape index (κ1) is 16.8. The van der Waals surface area contributed by atoms with Crippen molar-refractivity contribution < 1.29 is 9.59 Å². The van der Waals surface area contributed by atoms with E-state index < -0.39 is 0 Å². The Kier molecular flexibility index (Phi) is 4.49. The van der Waals surface area contributed by atoms with Gasteiger partial charge in [-0.15, -0.1) is 0 Å². The van der Waals surface area contributed by atoms with Crippen LogP contribution < -0.4 is 5.32 Å². The Morgan fingerprint density at radius 1 is 1.08 bits per heavy atom. The molecule has 1 aliphatic carbocycles. The van der Waals surface area contributed by atoms with E-state index in [1.165, 1.54) is 5.56 Å². The van der Waals surface area contributed by atoms with Crippen LogP contribution in [0, 0.1) is 6.92 Å². The van der Waals surface area contributed by atoms with E-state index in [1.807, 2.05) is 42.2 Å². The SMILES string of the molecule is Cc1cc(C(=O)N2CCCC2)ccc1NC(=O)C1CCc2ccccc21. The van der Waals surface area contributed by atoms with E-state index in [1.54, 1.807) is 0 Å². The molecule has 1 unspecified atom stereocenters. The third-order valence-electron chi connectivity index (χ3n) is 5.57. The van der Waals surface area contributed by atoms with Crippen LogP contribution in [0.15, 0.2) is 42.5 Å². The lowest BCUT2D eigenvalue weighted by Crippen LogP contribution is -2.27. The fourth-order valence-corrected chi connectivity index (χ4v) is 4.09. The van der Waals surface area contributed by atoms with Gasteiger partial charge in [-0.1, -0.05) is 24.3 Å². The van der Waals surface area contributed by atoms with Crippen LogP contribution >= 0.6 is 0 Å². The minimum Gasteiger partial charge on any atom is -0.339 e. The molecule has 0 aromatic heterocycles.